The molecule has 0 N–H and O–H groups in total. The first kappa shape index (κ1) is 18.0. The Morgan fingerprint density at radius 1 is 0.700 bits per heavy atom. The highest BCUT2D eigenvalue weighted by Crippen LogP contribution is 2.38. The van der Waals surface area contributed by atoms with Crippen LogP contribution >= 0.6 is 0 Å². The van der Waals surface area contributed by atoms with Gasteiger partial charge in [0.2, 0.25) is 0 Å². The normalized spacial score (nSPS) is 26.9. The summed E-state index contributed by atoms with van der Waals surface area (Å²) in [6.07, 6.45) is 4.15. The fourth-order valence-electron chi connectivity index (χ4n) is 3.89. The van der Waals surface area contributed by atoms with Crippen molar-refractivity contribution in [2.45, 2.75) is 87.1 Å². The lowest BCUT2D eigenvalue weighted by Crippen LogP contribution is -2.51. The average molecular weight is 282 g/mol. The number of rotatable bonds is 2. The molecule has 0 aliphatic carbocycles. The second-order valence-electron chi connectivity index (χ2n) is 10.6. The van der Waals surface area contributed by atoms with Crippen molar-refractivity contribution in [3.63, 3.8) is 0 Å². The lowest BCUT2D eigenvalue weighted by Gasteiger charge is -2.47. The van der Waals surface area contributed by atoms with Crippen molar-refractivity contribution in [1.29, 1.82) is 0 Å². The molecule has 1 aliphatic heterocycles. The molecule has 1 saturated heterocycles. The summed E-state index contributed by atoms with van der Waals surface area (Å²) in [5, 5.41) is 0. The van der Waals surface area contributed by atoms with E-state index in [2.05, 4.69) is 67.2 Å². The topological polar surface area (TPSA) is 3.24 Å². The van der Waals surface area contributed by atoms with E-state index in [9.17, 15) is 0 Å². The van der Waals surface area contributed by atoms with Crippen LogP contribution in [0.4, 0.5) is 0 Å². The second kappa shape index (κ2) is 5.99. The largest absolute Gasteiger partial charge is 0.298 e. The van der Waals surface area contributed by atoms with Crippen LogP contribution in [-0.2, 0) is 0 Å². The van der Waals surface area contributed by atoms with Gasteiger partial charge in [0.05, 0.1) is 0 Å². The van der Waals surface area contributed by atoms with Crippen LogP contribution < -0.4 is 0 Å². The Labute approximate surface area is 128 Å². The molecule has 0 bridgehead atoms. The first-order valence-corrected chi connectivity index (χ1v) is 8.51. The Bertz CT molecular complexity index is 273. The quantitative estimate of drug-likeness (QED) is 0.637. The Morgan fingerprint density at radius 2 is 1.05 bits per heavy atom. The summed E-state index contributed by atoms with van der Waals surface area (Å²) < 4.78 is 0. The predicted octanol–water partition coefficient (Wildman–Crippen LogP) is 5.60. The lowest BCUT2D eigenvalue weighted by molar-refractivity contribution is 0.0217. The van der Waals surface area contributed by atoms with Gasteiger partial charge in [-0.2, -0.15) is 0 Å². The molecule has 1 rings (SSSR count). The van der Waals surface area contributed by atoms with E-state index in [-0.39, 0.29) is 0 Å². The molecule has 1 heterocycles. The Kier molecular flexibility index (Phi) is 5.39. The number of hydrogen-bond acceptors (Lipinski definition) is 1. The van der Waals surface area contributed by atoms with Gasteiger partial charge in [0.1, 0.15) is 0 Å². The minimum absolute atomic E-state index is 0.312. The zero-order chi connectivity index (χ0) is 15.8. The van der Waals surface area contributed by atoms with Gasteiger partial charge in [0.25, 0.3) is 0 Å². The van der Waals surface area contributed by atoms with Gasteiger partial charge < -0.3 is 0 Å². The summed E-state index contributed by atoms with van der Waals surface area (Å²) in [4.78, 5) is 2.74. The number of likely N-dealkylation sites (tertiary alicyclic amines) is 1. The van der Waals surface area contributed by atoms with E-state index < -0.39 is 0 Å². The molecule has 0 radical (unpaired) electrons. The Hall–Kier alpha value is -0.0400. The van der Waals surface area contributed by atoms with Gasteiger partial charge in [-0.15, -0.1) is 0 Å². The Balaban J connectivity index is 2.78. The Morgan fingerprint density at radius 3 is 1.30 bits per heavy atom. The summed E-state index contributed by atoms with van der Waals surface area (Å²) in [6.45, 7) is 24.1. The van der Waals surface area contributed by atoms with E-state index in [1.54, 1.807) is 0 Å². The summed E-state index contributed by atoms with van der Waals surface area (Å²) in [6, 6.07) is 0. The van der Waals surface area contributed by atoms with Crippen molar-refractivity contribution < 1.29 is 0 Å². The van der Waals surface area contributed by atoms with E-state index in [4.69, 9.17) is 0 Å². The minimum atomic E-state index is 0.312. The molecule has 1 heteroatoms. The molecule has 0 aromatic heterocycles. The average Bonchev–Trinajstić information content (AvgIpc) is 2.09. The second-order valence-corrected chi connectivity index (χ2v) is 10.6. The molecular formula is C19H39N. The zero-order valence-electron chi connectivity index (χ0n) is 15.6. The van der Waals surface area contributed by atoms with Gasteiger partial charge in [-0.25, -0.2) is 0 Å². The molecule has 120 valence electrons. The number of nitrogens with zero attached hydrogens (tertiary/aromatic N) is 1. The molecule has 1 nitrogen and oxygen atoms in total. The molecule has 1 fully saturated rings. The summed E-state index contributed by atoms with van der Waals surface area (Å²) in [7, 11) is 0. The zero-order valence-corrected chi connectivity index (χ0v) is 15.6. The standard InChI is InChI=1S/C19H39N/c1-17(2,3)11-15-10-16(12-18(4,5)6)14-20(13-15)19(7,8)9/h15-16H,10-14H2,1-9H3. The van der Waals surface area contributed by atoms with Crippen molar-refractivity contribution in [3.05, 3.63) is 0 Å². The van der Waals surface area contributed by atoms with E-state index in [1.807, 2.05) is 0 Å². The highest BCUT2D eigenvalue weighted by atomic mass is 15.2. The highest BCUT2D eigenvalue weighted by molar-refractivity contribution is 4.89. The molecule has 2 atom stereocenters. The summed E-state index contributed by atoms with van der Waals surface area (Å²) in [5.41, 5.74) is 1.22. The SMILES string of the molecule is CC(C)(C)CC1CC(CC(C)(C)C)CN(C(C)(C)C)C1. The third kappa shape index (κ3) is 6.61. The molecule has 0 amide bonds. The van der Waals surface area contributed by atoms with Crippen LogP contribution in [0.3, 0.4) is 0 Å². The monoisotopic (exact) mass is 281 g/mol. The van der Waals surface area contributed by atoms with Crippen LogP contribution in [0, 0.1) is 22.7 Å². The fourth-order valence-corrected chi connectivity index (χ4v) is 3.89. The molecule has 20 heavy (non-hydrogen) atoms. The molecular weight excluding hydrogens is 242 g/mol. The van der Waals surface area contributed by atoms with Gasteiger partial charge >= 0.3 is 0 Å². The summed E-state index contributed by atoms with van der Waals surface area (Å²) >= 11 is 0. The van der Waals surface area contributed by atoms with Crippen LogP contribution in [0.1, 0.15) is 81.6 Å². The van der Waals surface area contributed by atoms with Crippen LogP contribution in [-0.4, -0.2) is 23.5 Å². The first-order valence-electron chi connectivity index (χ1n) is 8.51. The lowest BCUT2D eigenvalue weighted by atomic mass is 9.73. The van der Waals surface area contributed by atoms with Crippen LogP contribution in [0.15, 0.2) is 0 Å². The maximum absolute atomic E-state index is 2.74. The highest BCUT2D eigenvalue weighted by Gasteiger charge is 2.35. The third-order valence-corrected chi connectivity index (χ3v) is 4.37. The van der Waals surface area contributed by atoms with Crippen LogP contribution in [0.5, 0.6) is 0 Å². The van der Waals surface area contributed by atoms with E-state index in [0.29, 0.717) is 16.4 Å². The van der Waals surface area contributed by atoms with E-state index in [0.717, 1.165) is 11.8 Å². The van der Waals surface area contributed by atoms with Gasteiger partial charge in [-0.1, -0.05) is 41.5 Å². The van der Waals surface area contributed by atoms with Crippen LogP contribution in [0.2, 0.25) is 0 Å². The summed E-state index contributed by atoms with van der Waals surface area (Å²) in [5.74, 6) is 1.74. The predicted molar refractivity (Wildman–Crippen MR) is 91.1 cm³/mol. The fraction of sp³-hybridized carbons (Fsp3) is 1.00. The molecule has 2 unspecified atom stereocenters. The van der Waals surface area contributed by atoms with E-state index in [1.165, 1.54) is 32.4 Å². The number of hydrogen-bond donors (Lipinski definition) is 0. The molecule has 0 aromatic rings. The maximum atomic E-state index is 2.74. The van der Waals surface area contributed by atoms with Gasteiger partial charge in [-0.05, 0) is 62.7 Å². The smallest absolute Gasteiger partial charge is 0.0125 e. The molecule has 0 spiro atoms. The first-order chi connectivity index (χ1) is 8.76. The van der Waals surface area contributed by atoms with Gasteiger partial charge in [-0.3, -0.25) is 4.90 Å². The van der Waals surface area contributed by atoms with Crippen molar-refractivity contribution >= 4 is 0 Å². The van der Waals surface area contributed by atoms with Crippen LogP contribution in [0.25, 0.3) is 0 Å². The maximum Gasteiger partial charge on any atom is 0.0125 e. The molecule has 1 aliphatic rings. The van der Waals surface area contributed by atoms with Crippen molar-refractivity contribution in [2.75, 3.05) is 13.1 Å². The van der Waals surface area contributed by atoms with Crippen molar-refractivity contribution in [2.24, 2.45) is 22.7 Å². The molecule has 0 saturated carbocycles. The number of piperidine rings is 1. The van der Waals surface area contributed by atoms with E-state index >= 15 is 0 Å². The van der Waals surface area contributed by atoms with Crippen molar-refractivity contribution in [3.8, 4) is 0 Å². The van der Waals surface area contributed by atoms with Gasteiger partial charge in [0.15, 0.2) is 0 Å². The minimum Gasteiger partial charge on any atom is -0.298 e. The third-order valence-electron chi connectivity index (χ3n) is 4.37. The van der Waals surface area contributed by atoms with Crippen molar-refractivity contribution in [1.82, 2.24) is 4.90 Å². The molecule has 0 aromatic carbocycles. The van der Waals surface area contributed by atoms with Gasteiger partial charge in [0, 0.05) is 18.6 Å².